The molecule has 1 aliphatic rings. The van der Waals surface area contributed by atoms with Gasteiger partial charge in [0.2, 0.25) is 0 Å². The fourth-order valence-electron chi connectivity index (χ4n) is 2.18. The van der Waals surface area contributed by atoms with Crippen molar-refractivity contribution in [2.24, 2.45) is 5.73 Å². The van der Waals surface area contributed by atoms with E-state index in [-0.39, 0.29) is 17.1 Å². The third-order valence-electron chi connectivity index (χ3n) is 3.32. The fraction of sp³-hybridized carbons (Fsp3) is 0.727. The van der Waals surface area contributed by atoms with E-state index in [0.717, 1.165) is 25.7 Å². The van der Waals surface area contributed by atoms with E-state index in [1.165, 1.54) is 6.20 Å². The summed E-state index contributed by atoms with van der Waals surface area (Å²) in [6, 6.07) is 0.202. The van der Waals surface area contributed by atoms with Gasteiger partial charge >= 0.3 is 0 Å². The third-order valence-corrected chi connectivity index (χ3v) is 4.75. The van der Waals surface area contributed by atoms with Crippen LogP contribution in [0.3, 0.4) is 0 Å². The lowest BCUT2D eigenvalue weighted by Gasteiger charge is -2.26. The van der Waals surface area contributed by atoms with Crippen LogP contribution in [0.2, 0.25) is 0 Å². The first-order chi connectivity index (χ1) is 8.51. The van der Waals surface area contributed by atoms with Crippen molar-refractivity contribution >= 4 is 10.0 Å². The van der Waals surface area contributed by atoms with Gasteiger partial charge in [-0.2, -0.15) is 0 Å². The maximum absolute atomic E-state index is 12.1. The highest BCUT2D eigenvalue weighted by Gasteiger charge is 2.25. The second-order valence-electron chi connectivity index (χ2n) is 4.78. The Bertz CT molecular complexity index is 489. The molecule has 102 valence electrons. The number of aromatic nitrogens is 2. The van der Waals surface area contributed by atoms with Crippen molar-refractivity contribution < 1.29 is 8.42 Å². The maximum atomic E-state index is 12.1. The molecule has 1 aromatic rings. The summed E-state index contributed by atoms with van der Waals surface area (Å²) in [6.45, 7) is 1.92. The average Bonchev–Trinajstić information content (AvgIpc) is 2.81. The van der Waals surface area contributed by atoms with Crippen LogP contribution in [0.15, 0.2) is 11.2 Å². The molecule has 1 aliphatic carbocycles. The first-order valence-electron chi connectivity index (χ1n) is 6.33. The molecule has 0 spiro atoms. The molecule has 7 heteroatoms. The summed E-state index contributed by atoms with van der Waals surface area (Å²) < 4.78 is 26.9. The van der Waals surface area contributed by atoms with Gasteiger partial charge in [0.15, 0.2) is 5.03 Å². The molecular weight excluding hydrogens is 252 g/mol. The first kappa shape index (κ1) is 13.5. The van der Waals surface area contributed by atoms with Gasteiger partial charge in [-0.3, -0.25) is 0 Å². The van der Waals surface area contributed by atoms with E-state index in [1.54, 1.807) is 0 Å². The van der Waals surface area contributed by atoms with Gasteiger partial charge in [0.05, 0.1) is 6.20 Å². The second-order valence-corrected chi connectivity index (χ2v) is 6.46. The van der Waals surface area contributed by atoms with Gasteiger partial charge in [-0.25, -0.2) is 18.1 Å². The Hall–Kier alpha value is -0.920. The molecule has 2 rings (SSSR count). The number of hydrogen-bond donors (Lipinski definition) is 3. The van der Waals surface area contributed by atoms with E-state index in [2.05, 4.69) is 14.7 Å². The summed E-state index contributed by atoms with van der Waals surface area (Å²) in [7, 11) is -3.48. The Labute approximate surface area is 107 Å². The molecule has 0 amide bonds. The lowest BCUT2D eigenvalue weighted by atomic mass is 9.93. The summed E-state index contributed by atoms with van der Waals surface area (Å²) in [4.78, 5) is 6.83. The highest BCUT2D eigenvalue weighted by Crippen LogP contribution is 2.19. The highest BCUT2D eigenvalue weighted by molar-refractivity contribution is 7.89. The average molecular weight is 272 g/mol. The fourth-order valence-corrected chi connectivity index (χ4v) is 3.42. The standard InChI is InChI=1S/C11H20N4O2S/c1-2-10-13-7-11(14-10)18(16,17)15-9-5-3-8(12)4-6-9/h7-9,15H,2-6,12H2,1H3,(H,13,14). The molecule has 1 aromatic heterocycles. The van der Waals surface area contributed by atoms with Crippen molar-refractivity contribution in [2.45, 2.75) is 56.1 Å². The Morgan fingerprint density at radius 3 is 2.67 bits per heavy atom. The highest BCUT2D eigenvalue weighted by atomic mass is 32.2. The molecule has 1 heterocycles. The van der Waals surface area contributed by atoms with Crippen LogP contribution in [0.1, 0.15) is 38.4 Å². The summed E-state index contributed by atoms with van der Waals surface area (Å²) in [6.07, 6.45) is 5.40. The molecule has 1 saturated carbocycles. The molecule has 0 bridgehead atoms. The van der Waals surface area contributed by atoms with E-state index in [1.807, 2.05) is 6.92 Å². The van der Waals surface area contributed by atoms with Crippen LogP contribution in [0.25, 0.3) is 0 Å². The van der Waals surface area contributed by atoms with Crippen molar-refractivity contribution in [3.63, 3.8) is 0 Å². The Kier molecular flexibility index (Phi) is 4.04. The Balaban J connectivity index is 2.03. The van der Waals surface area contributed by atoms with Crippen molar-refractivity contribution in [3.8, 4) is 0 Å². The number of nitrogens with two attached hydrogens (primary N) is 1. The largest absolute Gasteiger partial charge is 0.332 e. The smallest absolute Gasteiger partial charge is 0.257 e. The summed E-state index contributed by atoms with van der Waals surface area (Å²) in [5.74, 6) is 0.682. The molecule has 0 radical (unpaired) electrons. The van der Waals surface area contributed by atoms with Crippen LogP contribution >= 0.6 is 0 Å². The van der Waals surface area contributed by atoms with Gasteiger partial charge in [-0.05, 0) is 25.7 Å². The SMILES string of the molecule is CCc1ncc(S(=O)(=O)NC2CCC(N)CC2)[nH]1. The zero-order chi connectivity index (χ0) is 13.2. The van der Waals surface area contributed by atoms with E-state index in [0.29, 0.717) is 12.2 Å². The molecule has 18 heavy (non-hydrogen) atoms. The van der Waals surface area contributed by atoms with Gasteiger partial charge in [0.1, 0.15) is 5.82 Å². The summed E-state index contributed by atoms with van der Waals surface area (Å²) in [5.41, 5.74) is 5.80. The number of rotatable bonds is 4. The summed E-state index contributed by atoms with van der Waals surface area (Å²) in [5, 5.41) is 0.147. The van der Waals surface area contributed by atoms with E-state index < -0.39 is 10.0 Å². The minimum absolute atomic E-state index is 0.0109. The van der Waals surface area contributed by atoms with Gasteiger partial charge in [-0.1, -0.05) is 6.92 Å². The number of H-pyrrole nitrogens is 1. The molecular formula is C11H20N4O2S. The summed E-state index contributed by atoms with van der Waals surface area (Å²) >= 11 is 0. The number of hydrogen-bond acceptors (Lipinski definition) is 4. The molecule has 6 nitrogen and oxygen atoms in total. The van der Waals surface area contributed by atoms with Crippen LogP contribution in [-0.4, -0.2) is 30.5 Å². The van der Waals surface area contributed by atoms with E-state index in [4.69, 9.17) is 5.73 Å². The van der Waals surface area contributed by atoms with Gasteiger partial charge < -0.3 is 10.7 Å². The molecule has 0 unspecified atom stereocenters. The molecule has 1 fully saturated rings. The van der Waals surface area contributed by atoms with Crippen molar-refractivity contribution in [1.29, 1.82) is 0 Å². The predicted molar refractivity (Wildman–Crippen MR) is 68.5 cm³/mol. The molecule has 0 atom stereocenters. The van der Waals surface area contributed by atoms with Crippen LogP contribution in [0.5, 0.6) is 0 Å². The minimum Gasteiger partial charge on any atom is -0.332 e. The molecule has 0 aromatic carbocycles. The van der Waals surface area contributed by atoms with Crippen molar-refractivity contribution in [2.75, 3.05) is 0 Å². The Morgan fingerprint density at radius 1 is 1.44 bits per heavy atom. The van der Waals surface area contributed by atoms with Crippen LogP contribution in [0.4, 0.5) is 0 Å². The first-order valence-corrected chi connectivity index (χ1v) is 7.81. The Morgan fingerprint density at radius 2 is 2.11 bits per heavy atom. The maximum Gasteiger partial charge on any atom is 0.257 e. The zero-order valence-electron chi connectivity index (χ0n) is 10.5. The minimum atomic E-state index is -3.48. The normalized spacial score (nSPS) is 25.2. The van der Waals surface area contributed by atoms with Crippen LogP contribution < -0.4 is 10.5 Å². The topological polar surface area (TPSA) is 101 Å². The zero-order valence-corrected chi connectivity index (χ0v) is 11.3. The van der Waals surface area contributed by atoms with Crippen LogP contribution in [0, 0.1) is 0 Å². The molecule has 4 N–H and O–H groups in total. The van der Waals surface area contributed by atoms with Crippen molar-refractivity contribution in [1.82, 2.24) is 14.7 Å². The third kappa shape index (κ3) is 3.09. The predicted octanol–water partition coefficient (Wildman–Crippen LogP) is 0.520. The van der Waals surface area contributed by atoms with E-state index >= 15 is 0 Å². The molecule has 0 saturated heterocycles. The van der Waals surface area contributed by atoms with Gasteiger partial charge in [0, 0.05) is 18.5 Å². The second kappa shape index (κ2) is 5.38. The monoisotopic (exact) mass is 272 g/mol. The van der Waals surface area contributed by atoms with Crippen LogP contribution in [-0.2, 0) is 16.4 Å². The lowest BCUT2D eigenvalue weighted by Crippen LogP contribution is -2.40. The number of aryl methyl sites for hydroxylation is 1. The van der Waals surface area contributed by atoms with Gasteiger partial charge in [-0.15, -0.1) is 0 Å². The quantitative estimate of drug-likeness (QED) is 0.743. The number of nitrogens with zero attached hydrogens (tertiary/aromatic N) is 1. The number of nitrogens with one attached hydrogen (secondary N) is 2. The number of aromatic amines is 1. The van der Waals surface area contributed by atoms with E-state index in [9.17, 15) is 8.42 Å². The number of imidazole rings is 1. The lowest BCUT2D eigenvalue weighted by molar-refractivity contribution is 0.373. The number of sulfonamides is 1. The van der Waals surface area contributed by atoms with Crippen molar-refractivity contribution in [3.05, 3.63) is 12.0 Å². The molecule has 0 aliphatic heterocycles. The van der Waals surface area contributed by atoms with Gasteiger partial charge in [0.25, 0.3) is 10.0 Å².